The Hall–Kier alpha value is -2.08. The summed E-state index contributed by atoms with van der Waals surface area (Å²) < 4.78 is 5.63. The molecule has 0 aliphatic carbocycles. The molecule has 0 bridgehead atoms. The molecule has 0 spiro atoms. The summed E-state index contributed by atoms with van der Waals surface area (Å²) in [6.45, 7) is 5.10. The van der Waals surface area contributed by atoms with Crippen molar-refractivity contribution < 1.29 is 9.21 Å². The minimum Gasteiger partial charge on any atom is -0.460 e. The number of hydrogen-bond acceptors (Lipinski definition) is 4. The second-order valence-corrected chi connectivity index (χ2v) is 6.05. The van der Waals surface area contributed by atoms with Gasteiger partial charge in [0, 0.05) is 38.2 Å². The van der Waals surface area contributed by atoms with Gasteiger partial charge < -0.3 is 14.6 Å². The van der Waals surface area contributed by atoms with Crippen LogP contribution in [-0.4, -0.2) is 40.6 Å². The third kappa shape index (κ3) is 4.01. The molecule has 3 rings (SSSR count). The van der Waals surface area contributed by atoms with Gasteiger partial charge >= 0.3 is 0 Å². The van der Waals surface area contributed by atoms with Crippen LogP contribution >= 0.6 is 0 Å². The van der Waals surface area contributed by atoms with Crippen LogP contribution in [0.5, 0.6) is 0 Å². The quantitative estimate of drug-likeness (QED) is 0.803. The zero-order valence-electron chi connectivity index (χ0n) is 13.6. The fourth-order valence-corrected chi connectivity index (χ4v) is 2.95. The maximum Gasteiger partial charge on any atom is 0.223 e. The van der Waals surface area contributed by atoms with Crippen LogP contribution in [0.3, 0.4) is 0 Å². The van der Waals surface area contributed by atoms with Crippen molar-refractivity contribution in [1.29, 1.82) is 0 Å². The number of carbonyl (C=O) groups is 1. The maximum absolute atomic E-state index is 12.1. The maximum atomic E-state index is 12.1. The Morgan fingerprint density at radius 1 is 1.35 bits per heavy atom. The lowest BCUT2D eigenvalue weighted by molar-refractivity contribution is -0.131. The number of rotatable bonds is 6. The van der Waals surface area contributed by atoms with Gasteiger partial charge in [-0.2, -0.15) is 5.10 Å². The van der Waals surface area contributed by atoms with Gasteiger partial charge in [-0.15, -0.1) is 0 Å². The second kappa shape index (κ2) is 7.46. The fraction of sp³-hybridized carbons (Fsp3) is 0.529. The zero-order chi connectivity index (χ0) is 16.1. The first-order chi connectivity index (χ1) is 11.2. The molecule has 2 N–H and O–H groups in total. The molecule has 1 aliphatic heterocycles. The minimum atomic E-state index is 0.256. The first-order valence-electron chi connectivity index (χ1n) is 8.31. The molecular weight excluding hydrogens is 292 g/mol. The van der Waals surface area contributed by atoms with Crippen molar-refractivity contribution in [3.8, 4) is 11.5 Å². The van der Waals surface area contributed by atoms with Crippen molar-refractivity contribution in [1.82, 2.24) is 20.4 Å². The highest BCUT2D eigenvalue weighted by atomic mass is 16.3. The van der Waals surface area contributed by atoms with E-state index in [-0.39, 0.29) is 5.91 Å². The first-order valence-corrected chi connectivity index (χ1v) is 8.31. The van der Waals surface area contributed by atoms with Crippen LogP contribution in [0.15, 0.2) is 22.7 Å². The first kappa shape index (κ1) is 15.8. The second-order valence-electron chi connectivity index (χ2n) is 6.05. The Kier molecular flexibility index (Phi) is 5.12. The third-order valence-electron chi connectivity index (χ3n) is 4.24. The van der Waals surface area contributed by atoms with Gasteiger partial charge in [0.05, 0.1) is 6.20 Å². The summed E-state index contributed by atoms with van der Waals surface area (Å²) in [5.41, 5.74) is 1.94. The lowest BCUT2D eigenvalue weighted by Gasteiger charge is -2.26. The molecule has 6 heteroatoms. The van der Waals surface area contributed by atoms with E-state index in [9.17, 15) is 4.79 Å². The summed E-state index contributed by atoms with van der Waals surface area (Å²) in [5.74, 6) is 1.92. The van der Waals surface area contributed by atoms with Crippen molar-refractivity contribution in [3.63, 3.8) is 0 Å². The average Bonchev–Trinajstić information content (AvgIpc) is 3.20. The van der Waals surface area contributed by atoms with E-state index in [1.54, 1.807) is 6.20 Å². The Labute approximate surface area is 136 Å². The predicted octanol–water partition coefficient (Wildman–Crippen LogP) is 2.47. The van der Waals surface area contributed by atoms with E-state index in [0.717, 1.165) is 48.7 Å². The van der Waals surface area contributed by atoms with Gasteiger partial charge in [0.1, 0.15) is 11.5 Å². The summed E-state index contributed by atoms with van der Waals surface area (Å²) >= 11 is 0. The van der Waals surface area contributed by atoms with Crippen LogP contribution in [0.1, 0.15) is 37.0 Å². The summed E-state index contributed by atoms with van der Waals surface area (Å²) in [4.78, 5) is 14.1. The van der Waals surface area contributed by atoms with E-state index in [2.05, 4.69) is 15.5 Å². The SMILES string of the molecule is Cc1ccc(-c2[nH]ncc2CNCCC(=O)N2CCCCC2)o1. The number of nitrogens with one attached hydrogen (secondary N) is 2. The summed E-state index contributed by atoms with van der Waals surface area (Å²) in [6, 6.07) is 3.87. The van der Waals surface area contributed by atoms with Crippen molar-refractivity contribution in [3.05, 3.63) is 29.7 Å². The molecular formula is C17H24N4O2. The molecule has 0 unspecified atom stereocenters. The number of hydrogen-bond donors (Lipinski definition) is 2. The average molecular weight is 316 g/mol. The Morgan fingerprint density at radius 2 is 2.17 bits per heavy atom. The van der Waals surface area contributed by atoms with E-state index in [1.807, 2.05) is 24.0 Å². The summed E-state index contributed by atoms with van der Waals surface area (Å²) in [6.07, 6.45) is 5.87. The van der Waals surface area contributed by atoms with E-state index in [0.29, 0.717) is 19.5 Å². The molecule has 124 valence electrons. The summed E-state index contributed by atoms with van der Waals surface area (Å²) in [5, 5.41) is 10.4. The Balaban J connectivity index is 1.46. The van der Waals surface area contributed by atoms with E-state index in [1.165, 1.54) is 6.42 Å². The molecule has 1 fully saturated rings. The Bertz CT molecular complexity index is 641. The van der Waals surface area contributed by atoms with Crippen LogP contribution in [0, 0.1) is 6.92 Å². The highest BCUT2D eigenvalue weighted by molar-refractivity contribution is 5.76. The van der Waals surface area contributed by atoms with Crippen LogP contribution in [-0.2, 0) is 11.3 Å². The molecule has 3 heterocycles. The van der Waals surface area contributed by atoms with Gasteiger partial charge in [-0.1, -0.05) is 0 Å². The third-order valence-corrected chi connectivity index (χ3v) is 4.24. The van der Waals surface area contributed by atoms with Gasteiger partial charge in [0.2, 0.25) is 5.91 Å². The zero-order valence-corrected chi connectivity index (χ0v) is 13.6. The number of piperidine rings is 1. The number of furan rings is 1. The molecule has 0 radical (unpaired) electrons. The van der Waals surface area contributed by atoms with Crippen LogP contribution in [0.4, 0.5) is 0 Å². The van der Waals surface area contributed by atoms with E-state index < -0.39 is 0 Å². The highest BCUT2D eigenvalue weighted by Crippen LogP contribution is 2.23. The number of aromatic amines is 1. The van der Waals surface area contributed by atoms with Crippen molar-refractivity contribution >= 4 is 5.91 Å². The van der Waals surface area contributed by atoms with Gasteiger partial charge in [-0.25, -0.2) is 0 Å². The molecule has 0 atom stereocenters. The van der Waals surface area contributed by atoms with Gasteiger partial charge in [-0.05, 0) is 38.3 Å². The van der Waals surface area contributed by atoms with E-state index in [4.69, 9.17) is 4.42 Å². The number of H-pyrrole nitrogens is 1. The largest absolute Gasteiger partial charge is 0.460 e. The smallest absolute Gasteiger partial charge is 0.223 e. The van der Waals surface area contributed by atoms with Crippen LogP contribution in [0.2, 0.25) is 0 Å². The standard InChI is InChI=1S/C17H24N4O2/c1-13-5-6-15(23-13)17-14(12-19-20-17)11-18-8-7-16(22)21-9-3-2-4-10-21/h5-6,12,18H,2-4,7-11H2,1H3,(H,19,20). The van der Waals surface area contributed by atoms with Gasteiger partial charge in [0.15, 0.2) is 5.76 Å². The normalized spacial score (nSPS) is 15.1. The lowest BCUT2D eigenvalue weighted by Crippen LogP contribution is -2.37. The van der Waals surface area contributed by atoms with E-state index >= 15 is 0 Å². The predicted molar refractivity (Wildman–Crippen MR) is 87.8 cm³/mol. The highest BCUT2D eigenvalue weighted by Gasteiger charge is 2.16. The van der Waals surface area contributed by atoms with Crippen molar-refractivity contribution in [2.75, 3.05) is 19.6 Å². The van der Waals surface area contributed by atoms with Gasteiger partial charge in [-0.3, -0.25) is 9.89 Å². The van der Waals surface area contributed by atoms with Crippen molar-refractivity contribution in [2.24, 2.45) is 0 Å². The molecule has 1 amide bonds. The van der Waals surface area contributed by atoms with Gasteiger partial charge in [0.25, 0.3) is 0 Å². The van der Waals surface area contributed by atoms with Crippen molar-refractivity contribution in [2.45, 2.75) is 39.2 Å². The summed E-state index contributed by atoms with van der Waals surface area (Å²) in [7, 11) is 0. The number of carbonyl (C=O) groups excluding carboxylic acids is 1. The lowest BCUT2D eigenvalue weighted by atomic mass is 10.1. The molecule has 23 heavy (non-hydrogen) atoms. The molecule has 1 saturated heterocycles. The molecule has 0 saturated carbocycles. The molecule has 2 aromatic heterocycles. The number of aryl methyl sites for hydroxylation is 1. The van der Waals surface area contributed by atoms with Crippen LogP contribution < -0.4 is 5.32 Å². The monoisotopic (exact) mass is 316 g/mol. The topological polar surface area (TPSA) is 74.2 Å². The minimum absolute atomic E-state index is 0.256. The van der Waals surface area contributed by atoms with Crippen LogP contribution in [0.25, 0.3) is 11.5 Å². The number of likely N-dealkylation sites (tertiary alicyclic amines) is 1. The number of nitrogens with zero attached hydrogens (tertiary/aromatic N) is 2. The number of aromatic nitrogens is 2. The fourth-order valence-electron chi connectivity index (χ4n) is 2.95. The molecule has 0 aromatic carbocycles. The Morgan fingerprint density at radius 3 is 2.91 bits per heavy atom. The number of amides is 1. The molecule has 1 aliphatic rings. The molecule has 6 nitrogen and oxygen atoms in total. The molecule has 2 aromatic rings.